The molecule has 1 aromatic heterocycles. The molecule has 0 fully saturated rings. The van der Waals surface area contributed by atoms with E-state index in [4.69, 9.17) is 4.74 Å². The molecule has 0 saturated heterocycles. The first-order valence-corrected chi connectivity index (χ1v) is 7.42. The number of hydrogen-bond donors (Lipinski definition) is 1. The monoisotopic (exact) mass is 284 g/mol. The topological polar surface area (TPSA) is 34.1 Å². The molecule has 112 valence electrons. The standard InChI is InChI=1S/C18H24N2O/c1-13(2)16-7-5-14(3)18(9-16)21-12-17-8-6-15(10-19-4)11-20-17/h5-9,11,13,19H,10,12H2,1-4H3. The molecule has 2 aromatic rings. The minimum atomic E-state index is 0.502. The van der Waals surface area contributed by atoms with Gasteiger partial charge in [-0.3, -0.25) is 4.98 Å². The Labute approximate surface area is 127 Å². The van der Waals surface area contributed by atoms with Crippen molar-refractivity contribution in [1.82, 2.24) is 10.3 Å². The zero-order chi connectivity index (χ0) is 15.2. The van der Waals surface area contributed by atoms with Gasteiger partial charge in [0, 0.05) is 12.7 Å². The summed E-state index contributed by atoms with van der Waals surface area (Å²) >= 11 is 0. The molecule has 21 heavy (non-hydrogen) atoms. The van der Waals surface area contributed by atoms with Crippen molar-refractivity contribution < 1.29 is 4.74 Å². The first kappa shape index (κ1) is 15.5. The fraction of sp³-hybridized carbons (Fsp3) is 0.389. The zero-order valence-electron chi connectivity index (χ0n) is 13.3. The number of benzene rings is 1. The number of aryl methyl sites for hydroxylation is 1. The maximum Gasteiger partial charge on any atom is 0.130 e. The number of aromatic nitrogens is 1. The van der Waals surface area contributed by atoms with E-state index in [1.54, 1.807) is 0 Å². The second-order valence-corrected chi connectivity index (χ2v) is 5.66. The van der Waals surface area contributed by atoms with Crippen LogP contribution in [0.15, 0.2) is 36.5 Å². The van der Waals surface area contributed by atoms with E-state index in [-0.39, 0.29) is 0 Å². The summed E-state index contributed by atoms with van der Waals surface area (Å²) in [7, 11) is 1.93. The summed E-state index contributed by atoms with van der Waals surface area (Å²) in [5, 5.41) is 3.11. The molecule has 3 nitrogen and oxygen atoms in total. The largest absolute Gasteiger partial charge is 0.487 e. The Morgan fingerprint density at radius 2 is 2.00 bits per heavy atom. The molecule has 1 N–H and O–H groups in total. The first-order chi connectivity index (χ1) is 10.1. The van der Waals surface area contributed by atoms with E-state index < -0.39 is 0 Å². The van der Waals surface area contributed by atoms with Crippen molar-refractivity contribution in [2.75, 3.05) is 7.05 Å². The van der Waals surface area contributed by atoms with Crippen LogP contribution in [0.2, 0.25) is 0 Å². The first-order valence-electron chi connectivity index (χ1n) is 7.42. The average Bonchev–Trinajstić information content (AvgIpc) is 2.48. The molecule has 0 amide bonds. The molecule has 1 aromatic carbocycles. The molecular weight excluding hydrogens is 260 g/mol. The summed E-state index contributed by atoms with van der Waals surface area (Å²) in [6.07, 6.45) is 1.90. The summed E-state index contributed by atoms with van der Waals surface area (Å²) in [5.74, 6) is 1.45. The van der Waals surface area contributed by atoms with Crippen molar-refractivity contribution in [3.05, 3.63) is 58.9 Å². The third kappa shape index (κ3) is 4.30. The highest BCUT2D eigenvalue weighted by Crippen LogP contribution is 2.24. The third-order valence-corrected chi connectivity index (χ3v) is 3.52. The zero-order valence-corrected chi connectivity index (χ0v) is 13.3. The van der Waals surface area contributed by atoms with Crippen LogP contribution in [-0.4, -0.2) is 12.0 Å². The van der Waals surface area contributed by atoms with Crippen molar-refractivity contribution in [1.29, 1.82) is 0 Å². The lowest BCUT2D eigenvalue weighted by Gasteiger charge is -2.12. The molecular formula is C18H24N2O. The van der Waals surface area contributed by atoms with E-state index in [2.05, 4.69) is 55.3 Å². The van der Waals surface area contributed by atoms with Crippen molar-refractivity contribution in [2.45, 2.75) is 39.8 Å². The van der Waals surface area contributed by atoms with E-state index in [0.29, 0.717) is 12.5 Å². The Bertz CT molecular complexity index is 576. The van der Waals surface area contributed by atoms with Gasteiger partial charge in [0.2, 0.25) is 0 Å². The molecule has 0 unspecified atom stereocenters. The lowest BCUT2D eigenvalue weighted by Crippen LogP contribution is -2.06. The number of nitrogens with zero attached hydrogens (tertiary/aromatic N) is 1. The molecule has 0 saturated carbocycles. The highest BCUT2D eigenvalue weighted by atomic mass is 16.5. The number of nitrogens with one attached hydrogen (secondary N) is 1. The van der Waals surface area contributed by atoms with Crippen molar-refractivity contribution in [3.8, 4) is 5.75 Å². The van der Waals surface area contributed by atoms with Gasteiger partial charge in [0.1, 0.15) is 12.4 Å². The second kappa shape index (κ2) is 7.23. The second-order valence-electron chi connectivity index (χ2n) is 5.66. The number of hydrogen-bond acceptors (Lipinski definition) is 3. The van der Waals surface area contributed by atoms with Gasteiger partial charge >= 0.3 is 0 Å². The Morgan fingerprint density at radius 1 is 1.19 bits per heavy atom. The van der Waals surface area contributed by atoms with Gasteiger partial charge in [0.05, 0.1) is 5.69 Å². The van der Waals surface area contributed by atoms with Gasteiger partial charge in [-0.25, -0.2) is 0 Å². The molecule has 1 heterocycles. The highest BCUT2D eigenvalue weighted by molar-refractivity contribution is 5.37. The minimum absolute atomic E-state index is 0.502. The smallest absolute Gasteiger partial charge is 0.130 e. The molecule has 3 heteroatoms. The summed E-state index contributed by atoms with van der Waals surface area (Å²) in [5.41, 5.74) is 4.59. The Balaban J connectivity index is 2.03. The summed E-state index contributed by atoms with van der Waals surface area (Å²) in [6.45, 7) is 7.79. The van der Waals surface area contributed by atoms with E-state index in [1.807, 2.05) is 19.3 Å². The van der Waals surface area contributed by atoms with Crippen LogP contribution in [0.3, 0.4) is 0 Å². The Kier molecular flexibility index (Phi) is 5.34. The maximum atomic E-state index is 5.94. The van der Waals surface area contributed by atoms with Crippen LogP contribution in [-0.2, 0) is 13.2 Å². The SMILES string of the molecule is CNCc1ccc(COc2cc(C(C)C)ccc2C)nc1. The predicted molar refractivity (Wildman–Crippen MR) is 86.6 cm³/mol. The molecule has 0 radical (unpaired) electrons. The highest BCUT2D eigenvalue weighted by Gasteiger charge is 2.05. The fourth-order valence-electron chi connectivity index (χ4n) is 2.13. The number of pyridine rings is 1. The van der Waals surface area contributed by atoms with Crippen LogP contribution in [0.25, 0.3) is 0 Å². The van der Waals surface area contributed by atoms with Gasteiger partial charge in [-0.15, -0.1) is 0 Å². The lowest BCUT2D eigenvalue weighted by atomic mass is 10.0. The van der Waals surface area contributed by atoms with Crippen LogP contribution in [0.1, 0.15) is 42.1 Å². The van der Waals surface area contributed by atoms with Crippen LogP contribution in [0, 0.1) is 6.92 Å². The molecule has 0 bridgehead atoms. The van der Waals surface area contributed by atoms with Crippen LogP contribution >= 0.6 is 0 Å². The Hall–Kier alpha value is -1.87. The fourth-order valence-corrected chi connectivity index (χ4v) is 2.13. The number of rotatable bonds is 6. The summed E-state index contributed by atoms with van der Waals surface area (Å²) in [6, 6.07) is 10.5. The predicted octanol–water partition coefficient (Wildman–Crippen LogP) is 3.81. The molecule has 0 aliphatic carbocycles. The van der Waals surface area contributed by atoms with Crippen LogP contribution < -0.4 is 10.1 Å². The van der Waals surface area contributed by atoms with E-state index in [0.717, 1.165) is 23.6 Å². The van der Waals surface area contributed by atoms with Crippen molar-refractivity contribution >= 4 is 0 Å². The summed E-state index contributed by atoms with van der Waals surface area (Å²) in [4.78, 5) is 4.43. The molecule has 0 spiro atoms. The van der Waals surface area contributed by atoms with Crippen molar-refractivity contribution in [2.24, 2.45) is 0 Å². The lowest BCUT2D eigenvalue weighted by molar-refractivity contribution is 0.299. The molecule has 0 aliphatic heterocycles. The van der Waals surface area contributed by atoms with Gasteiger partial charge in [-0.05, 0) is 48.7 Å². The van der Waals surface area contributed by atoms with Gasteiger partial charge in [0.15, 0.2) is 0 Å². The van der Waals surface area contributed by atoms with Crippen molar-refractivity contribution in [3.63, 3.8) is 0 Å². The molecule has 0 atom stereocenters. The number of ether oxygens (including phenoxy) is 1. The van der Waals surface area contributed by atoms with Gasteiger partial charge in [-0.1, -0.05) is 32.0 Å². The normalized spacial score (nSPS) is 10.9. The molecule has 0 aliphatic rings. The third-order valence-electron chi connectivity index (χ3n) is 3.52. The average molecular weight is 284 g/mol. The van der Waals surface area contributed by atoms with E-state index in [9.17, 15) is 0 Å². The van der Waals surface area contributed by atoms with Gasteiger partial charge < -0.3 is 10.1 Å². The van der Waals surface area contributed by atoms with Crippen LogP contribution in [0.5, 0.6) is 5.75 Å². The maximum absolute atomic E-state index is 5.94. The molecule has 2 rings (SSSR count). The van der Waals surface area contributed by atoms with E-state index >= 15 is 0 Å². The minimum Gasteiger partial charge on any atom is -0.487 e. The van der Waals surface area contributed by atoms with Gasteiger partial charge in [-0.2, -0.15) is 0 Å². The summed E-state index contributed by atoms with van der Waals surface area (Å²) < 4.78 is 5.94. The Morgan fingerprint density at radius 3 is 2.62 bits per heavy atom. The van der Waals surface area contributed by atoms with Crippen LogP contribution in [0.4, 0.5) is 0 Å². The quantitative estimate of drug-likeness (QED) is 0.876. The van der Waals surface area contributed by atoms with Gasteiger partial charge in [0.25, 0.3) is 0 Å². The van der Waals surface area contributed by atoms with E-state index in [1.165, 1.54) is 11.1 Å².